The molecule has 0 bridgehead atoms. The number of aliphatic imine (C=N–C) groups is 1. The van der Waals surface area contributed by atoms with Gasteiger partial charge >= 0.3 is 12.4 Å². The second kappa shape index (κ2) is 36.1. The van der Waals surface area contributed by atoms with Crippen molar-refractivity contribution in [3.05, 3.63) is 390 Å². The summed E-state index contributed by atoms with van der Waals surface area (Å²) in [6.45, 7) is 2.27. The van der Waals surface area contributed by atoms with Gasteiger partial charge in [0.1, 0.15) is 11.5 Å². The van der Waals surface area contributed by atoms with Crippen molar-refractivity contribution in [2.24, 2.45) is 10.1 Å². The minimum Gasteiger partial charge on any atom is -0.300 e. The third kappa shape index (κ3) is 18.1. The van der Waals surface area contributed by atoms with E-state index < -0.39 is 29.5 Å². The van der Waals surface area contributed by atoms with Gasteiger partial charge in [-0.2, -0.15) is 96.2 Å². The smallest absolute Gasteiger partial charge is 0.300 e. The maximum atomic E-state index is 13.1. The summed E-state index contributed by atoms with van der Waals surface area (Å²) in [5.41, 5.74) is 10.6. The number of rotatable bonds is 7. The molecule has 9 nitrogen and oxygen atoms in total. The van der Waals surface area contributed by atoms with E-state index in [2.05, 4.69) is 161 Å². The molecule has 18 rings (SSSR count). The van der Waals surface area contributed by atoms with Gasteiger partial charge in [-0.05, 0) is 105 Å². The number of hydrogen-bond donors (Lipinski definition) is 0. The summed E-state index contributed by atoms with van der Waals surface area (Å²) < 4.78 is 123. The zero-order valence-corrected chi connectivity index (χ0v) is 68.0. The Morgan fingerprint density at radius 2 is 0.954 bits per heavy atom. The average molecular weight is 2330 g/mol. The first-order valence-corrected chi connectivity index (χ1v) is 32.3. The van der Waals surface area contributed by atoms with Crippen molar-refractivity contribution in [1.82, 2.24) is 34.0 Å². The Hall–Kier alpha value is -9.58. The van der Waals surface area contributed by atoms with Gasteiger partial charge in [-0.15, -0.1) is 71.6 Å². The maximum absolute atomic E-state index is 13.1. The van der Waals surface area contributed by atoms with Crippen LogP contribution >= 0.6 is 0 Å². The molecule has 0 fully saturated rings. The summed E-state index contributed by atoms with van der Waals surface area (Å²) in [4.78, 5) is 5.04. The van der Waals surface area contributed by atoms with Crippen LogP contribution in [0.1, 0.15) is 51.9 Å². The van der Waals surface area contributed by atoms with Crippen LogP contribution in [0.3, 0.4) is 0 Å². The average Bonchev–Trinajstić information content (AvgIpc) is 1.69. The first-order valence-electron chi connectivity index (χ1n) is 32.3. The molecule has 2 unspecified atom stereocenters. The van der Waals surface area contributed by atoms with Gasteiger partial charge in [0.2, 0.25) is 5.69 Å². The van der Waals surface area contributed by atoms with Crippen LogP contribution in [0.5, 0.6) is 0 Å². The number of para-hydroxylation sites is 5. The molecule has 3 aromatic heterocycles. The number of azo groups is 2. The van der Waals surface area contributed by atoms with Crippen LogP contribution < -0.4 is 4.70 Å². The predicted molar refractivity (Wildman–Crippen MR) is 382 cm³/mol. The van der Waals surface area contributed by atoms with Crippen molar-refractivity contribution in [2.45, 2.75) is 30.7 Å². The van der Waals surface area contributed by atoms with Gasteiger partial charge in [0, 0.05) is 140 Å². The predicted octanol–water partition coefficient (Wildman–Crippen LogP) is 21.9. The molecule has 13 aromatic carbocycles. The molecule has 5 heterocycles. The number of benzene rings is 13. The second-order valence-electron chi connectivity index (χ2n) is 23.9. The minimum atomic E-state index is -4.52. The minimum absolute atomic E-state index is 0. The molecule has 108 heavy (non-hydrogen) atoms. The SMILES string of the molecule is CC1(c2ccccc2)C(c2[c-]cc3ccccc3c2)=Nc2ccccc21.FC(F)(F)c1ccc(C2N=[N+](c3[c-]ccc(C(F)(F)F)c3)c3ccccc32)cc1.Fc1c[c-]c(-n2ncc3ccccc32)cc1.Fc1cc[c-]c(-n2ncc3cc(F)ccc32)c1.[Ir].[Ir].[Ir].[Ir].[Ir].[c-]1ccccc1-n1ncc2ccccc21. The number of fused-ring (bicyclic) bond motifs is 6. The molecular weight excluding hydrogens is 2280 g/mol. The Bertz CT molecular complexity index is 5780. The van der Waals surface area contributed by atoms with Gasteiger partial charge in [-0.1, -0.05) is 157 Å². The van der Waals surface area contributed by atoms with Crippen LogP contribution in [-0.4, -0.2) is 35.1 Å². The summed E-state index contributed by atoms with van der Waals surface area (Å²) in [6, 6.07) is 97.5. The molecule has 5 radical (unpaired) electrons. The van der Waals surface area contributed by atoms with E-state index in [0.29, 0.717) is 33.4 Å². The van der Waals surface area contributed by atoms with Crippen LogP contribution in [0.4, 0.5) is 56.6 Å². The van der Waals surface area contributed by atoms with E-state index in [-0.39, 0.29) is 129 Å². The van der Waals surface area contributed by atoms with Crippen molar-refractivity contribution in [1.29, 1.82) is 0 Å². The van der Waals surface area contributed by atoms with E-state index in [0.717, 1.165) is 74.4 Å². The van der Waals surface area contributed by atoms with Crippen molar-refractivity contribution in [2.75, 3.05) is 0 Å². The van der Waals surface area contributed by atoms with Crippen LogP contribution in [0.25, 0.3) is 60.5 Å². The third-order valence-electron chi connectivity index (χ3n) is 17.4. The van der Waals surface area contributed by atoms with E-state index in [1.54, 1.807) is 47.3 Å². The first kappa shape index (κ1) is 82.5. The third-order valence-corrected chi connectivity index (χ3v) is 17.4. The quantitative estimate of drug-likeness (QED) is 0.0906. The topological polar surface area (TPSA) is 81.2 Å². The number of aromatic nitrogens is 6. The van der Waals surface area contributed by atoms with Crippen LogP contribution in [0.15, 0.2) is 314 Å². The molecule has 2 aliphatic heterocycles. The van der Waals surface area contributed by atoms with Crippen molar-refractivity contribution >= 4 is 66.3 Å². The van der Waals surface area contributed by atoms with Gasteiger partial charge < -0.3 is 0 Å². The monoisotopic (exact) mass is 2340 g/mol. The molecule has 16 aromatic rings. The zero-order chi connectivity index (χ0) is 71.2. The molecule has 0 spiro atoms. The molecule has 0 amide bonds. The fraction of sp³-hybridized carbons (Fsp3) is 0.0588. The van der Waals surface area contributed by atoms with E-state index >= 15 is 0 Å². The van der Waals surface area contributed by atoms with E-state index in [9.17, 15) is 39.5 Å². The largest absolute Gasteiger partial charge is 0.416 e. The number of hydrogen-bond acceptors (Lipinski definition) is 5. The Balaban J connectivity index is 0.000000158. The van der Waals surface area contributed by atoms with Crippen molar-refractivity contribution in [3.63, 3.8) is 0 Å². The van der Waals surface area contributed by atoms with E-state index in [1.807, 2.05) is 71.5 Å². The van der Waals surface area contributed by atoms with Crippen molar-refractivity contribution < 1.29 is 140 Å². The van der Waals surface area contributed by atoms with Gasteiger partial charge in [0.05, 0.1) is 52.0 Å². The molecule has 0 aliphatic carbocycles. The van der Waals surface area contributed by atoms with Crippen molar-refractivity contribution in [3.8, 4) is 17.1 Å². The Kier molecular flexibility index (Phi) is 27.6. The molecule has 0 saturated heterocycles. The van der Waals surface area contributed by atoms with E-state index in [4.69, 9.17) is 4.99 Å². The van der Waals surface area contributed by atoms with Gasteiger partial charge in [-0.3, -0.25) is 23.4 Å². The standard InChI is InChI=1S/C25H18N.C21H12F6N2.C13H7F2N2.C13H8FN2.C13H9N2.5Ir/c1-25(21-11-3-2-4-12-21)22-13-7-8-14-23(22)26-24(25)20-16-15-18-9-5-6-10-19(18)17-20;22-20(23,24)14-10-8-13(9-11-14)19-17-6-1-2-7-18(17)29(28-19)16-5-3-4-15(12-16)21(25,26)27;14-10-2-1-3-12(7-10)17-13-5-4-11(15)6-9(13)8-16-17;14-11-5-7-12(8-6-11)16-13-4-2-1-3-10(13)9-15-16;1-2-7-12(8-3-1)15-13-9-5-4-6-11(13)10-14-15;;;;;/h2-15,17H,1H3;1-4,6-12,19H;1-2,4-8H;1-7,9H;1-7,9-10H;;;;;/q-1;;3*-1;;;;;. The number of halogens is 9. The number of nitrogens with zero attached hydrogens (tertiary/aromatic N) is 9. The van der Waals surface area contributed by atoms with Crippen LogP contribution in [-0.2, 0) is 118 Å². The molecule has 0 saturated carbocycles. The molecule has 23 heteroatoms. The Morgan fingerprint density at radius 1 is 0.407 bits per heavy atom. The fourth-order valence-corrected chi connectivity index (χ4v) is 12.3. The number of alkyl halides is 6. The molecule has 551 valence electrons. The molecule has 2 atom stereocenters. The summed E-state index contributed by atoms with van der Waals surface area (Å²) in [5.74, 6) is -0.968. The summed E-state index contributed by atoms with van der Waals surface area (Å²) in [6.07, 6.45) is -3.78. The van der Waals surface area contributed by atoms with Gasteiger partial charge in [0.15, 0.2) is 6.04 Å². The normalized spacial score (nSPS) is 13.7. The zero-order valence-electron chi connectivity index (χ0n) is 56.0. The molecular formula is C85H54F9Ir5N9-4. The Labute approximate surface area is 682 Å². The van der Waals surface area contributed by atoms with Crippen LogP contribution in [0.2, 0.25) is 0 Å². The summed E-state index contributed by atoms with van der Waals surface area (Å²) >= 11 is 0. The molecule has 0 N–H and O–H groups in total. The Morgan fingerprint density at radius 3 is 1.60 bits per heavy atom. The summed E-state index contributed by atoms with van der Waals surface area (Å²) in [5, 5.41) is 22.5. The first-order chi connectivity index (χ1) is 49.9. The van der Waals surface area contributed by atoms with Crippen LogP contribution in [0, 0.1) is 47.8 Å². The van der Waals surface area contributed by atoms with E-state index in [1.165, 1.54) is 98.1 Å². The second-order valence-corrected chi connectivity index (χ2v) is 23.9. The maximum Gasteiger partial charge on any atom is 0.416 e. The van der Waals surface area contributed by atoms with Gasteiger partial charge in [0.25, 0.3) is 0 Å². The molecule has 2 aliphatic rings. The fourth-order valence-electron chi connectivity index (χ4n) is 12.3. The summed E-state index contributed by atoms with van der Waals surface area (Å²) in [7, 11) is 0. The van der Waals surface area contributed by atoms with Gasteiger partial charge in [-0.25, -0.2) is 8.78 Å².